The minimum absolute atomic E-state index is 0.166. The molecule has 0 amide bonds. The van der Waals surface area contributed by atoms with Gasteiger partial charge in [0.05, 0.1) is 6.61 Å². The third-order valence-corrected chi connectivity index (χ3v) is 2.06. The average molecular weight is 216 g/mol. The van der Waals surface area contributed by atoms with Crippen molar-refractivity contribution in [2.45, 2.75) is 46.6 Å². The highest BCUT2D eigenvalue weighted by atomic mass is 16.5. The molecule has 15 heavy (non-hydrogen) atoms. The number of Topliss-reactive ketones (excluding diaryl/α,β-unsaturated/α-hetero) is 1. The second-order valence-electron chi connectivity index (χ2n) is 4.84. The topological polar surface area (TPSA) is 63.6 Å². The van der Waals surface area contributed by atoms with Crippen LogP contribution in [0.3, 0.4) is 0 Å². The van der Waals surface area contributed by atoms with Gasteiger partial charge in [-0.05, 0) is 13.8 Å². The van der Waals surface area contributed by atoms with Gasteiger partial charge in [-0.1, -0.05) is 20.8 Å². The maximum atomic E-state index is 11.6. The molecule has 0 bridgehead atoms. The summed E-state index contributed by atoms with van der Waals surface area (Å²) in [7, 11) is 0. The first-order valence-corrected chi connectivity index (χ1v) is 5.04. The number of hydrogen-bond donors (Lipinski definition) is 1. The fourth-order valence-corrected chi connectivity index (χ4v) is 0.937. The maximum Gasteiger partial charge on any atom is 0.338 e. The molecule has 4 nitrogen and oxygen atoms in total. The molecule has 0 aromatic heterocycles. The van der Waals surface area contributed by atoms with Gasteiger partial charge in [-0.3, -0.25) is 4.79 Å². The normalized spacial score (nSPS) is 15.6. The summed E-state index contributed by atoms with van der Waals surface area (Å²) in [6.07, 6.45) is -0.213. The summed E-state index contributed by atoms with van der Waals surface area (Å²) < 4.78 is 4.68. The van der Waals surface area contributed by atoms with Crippen LogP contribution in [0.1, 0.15) is 41.0 Å². The van der Waals surface area contributed by atoms with Crippen molar-refractivity contribution < 1.29 is 19.4 Å². The van der Waals surface area contributed by atoms with Gasteiger partial charge in [0.15, 0.2) is 5.60 Å². The number of ether oxygens (including phenoxy) is 1. The average Bonchev–Trinajstić information content (AvgIpc) is 2.02. The Balaban J connectivity index is 4.51. The predicted molar refractivity (Wildman–Crippen MR) is 56.3 cm³/mol. The molecule has 0 aliphatic heterocycles. The van der Waals surface area contributed by atoms with Crippen LogP contribution in [-0.4, -0.2) is 29.1 Å². The van der Waals surface area contributed by atoms with E-state index >= 15 is 0 Å². The van der Waals surface area contributed by atoms with Gasteiger partial charge in [-0.2, -0.15) is 0 Å². The summed E-state index contributed by atoms with van der Waals surface area (Å²) >= 11 is 0. The molecule has 0 fully saturated rings. The van der Waals surface area contributed by atoms with Gasteiger partial charge in [0.25, 0.3) is 0 Å². The van der Waals surface area contributed by atoms with Gasteiger partial charge in [0.1, 0.15) is 5.78 Å². The van der Waals surface area contributed by atoms with E-state index in [0.717, 1.165) is 0 Å². The largest absolute Gasteiger partial charge is 0.464 e. The van der Waals surface area contributed by atoms with Crippen molar-refractivity contribution in [3.8, 4) is 0 Å². The highest BCUT2D eigenvalue weighted by Gasteiger charge is 2.37. The second-order valence-corrected chi connectivity index (χ2v) is 4.84. The van der Waals surface area contributed by atoms with Gasteiger partial charge in [-0.25, -0.2) is 4.79 Å². The fraction of sp³-hybridized carbons (Fsp3) is 0.818. The van der Waals surface area contributed by atoms with Crippen LogP contribution in [0.5, 0.6) is 0 Å². The van der Waals surface area contributed by atoms with Crippen LogP contribution in [0.2, 0.25) is 0 Å². The Morgan fingerprint density at radius 2 is 1.67 bits per heavy atom. The molecule has 0 rings (SSSR count). The molecule has 0 saturated carbocycles. The van der Waals surface area contributed by atoms with Crippen LogP contribution in [-0.2, 0) is 14.3 Å². The van der Waals surface area contributed by atoms with E-state index in [4.69, 9.17) is 0 Å². The van der Waals surface area contributed by atoms with Crippen molar-refractivity contribution in [2.75, 3.05) is 6.61 Å². The highest BCUT2D eigenvalue weighted by Crippen LogP contribution is 2.22. The van der Waals surface area contributed by atoms with E-state index in [1.807, 2.05) is 0 Å². The monoisotopic (exact) mass is 216 g/mol. The fourth-order valence-electron chi connectivity index (χ4n) is 0.937. The van der Waals surface area contributed by atoms with Crippen molar-refractivity contribution in [1.29, 1.82) is 0 Å². The lowest BCUT2D eigenvalue weighted by Crippen LogP contribution is -2.41. The Morgan fingerprint density at radius 3 is 2.00 bits per heavy atom. The van der Waals surface area contributed by atoms with Gasteiger partial charge in [0, 0.05) is 11.8 Å². The van der Waals surface area contributed by atoms with Gasteiger partial charge < -0.3 is 9.84 Å². The predicted octanol–water partition coefficient (Wildman–Crippen LogP) is 1.31. The van der Waals surface area contributed by atoms with Crippen LogP contribution >= 0.6 is 0 Å². The van der Waals surface area contributed by atoms with E-state index in [2.05, 4.69) is 4.74 Å². The molecule has 4 heteroatoms. The van der Waals surface area contributed by atoms with E-state index in [0.29, 0.717) is 0 Å². The molecule has 1 unspecified atom stereocenters. The van der Waals surface area contributed by atoms with Gasteiger partial charge in [0.2, 0.25) is 0 Å². The molecule has 0 aromatic carbocycles. The molecule has 0 heterocycles. The number of carbonyl (C=O) groups excluding carboxylic acids is 2. The maximum absolute atomic E-state index is 11.6. The Morgan fingerprint density at radius 1 is 1.20 bits per heavy atom. The number of ketones is 1. The van der Waals surface area contributed by atoms with Crippen molar-refractivity contribution in [3.05, 3.63) is 0 Å². The van der Waals surface area contributed by atoms with Crippen molar-refractivity contribution in [3.63, 3.8) is 0 Å². The summed E-state index contributed by atoms with van der Waals surface area (Å²) in [4.78, 5) is 22.9. The zero-order valence-corrected chi connectivity index (χ0v) is 10.1. The van der Waals surface area contributed by atoms with Crippen molar-refractivity contribution in [1.82, 2.24) is 0 Å². The minimum Gasteiger partial charge on any atom is -0.464 e. The smallest absolute Gasteiger partial charge is 0.338 e. The van der Waals surface area contributed by atoms with Crippen LogP contribution in [0.4, 0.5) is 0 Å². The molecule has 88 valence electrons. The number of carbonyl (C=O) groups is 2. The molecule has 1 atom stereocenters. The quantitative estimate of drug-likeness (QED) is 0.719. The third-order valence-electron chi connectivity index (χ3n) is 2.06. The Bertz CT molecular complexity index is 248. The molecule has 0 radical (unpaired) electrons. The van der Waals surface area contributed by atoms with Crippen LogP contribution < -0.4 is 0 Å². The highest BCUT2D eigenvalue weighted by molar-refractivity contribution is 5.91. The van der Waals surface area contributed by atoms with E-state index in [-0.39, 0.29) is 18.8 Å². The van der Waals surface area contributed by atoms with E-state index in [1.54, 1.807) is 27.7 Å². The van der Waals surface area contributed by atoms with E-state index in [9.17, 15) is 14.7 Å². The Kier molecular flexibility index (Phi) is 4.46. The van der Waals surface area contributed by atoms with Gasteiger partial charge >= 0.3 is 5.97 Å². The van der Waals surface area contributed by atoms with E-state index < -0.39 is 17.0 Å². The molecule has 0 aromatic rings. The Hall–Kier alpha value is -0.900. The second kappa shape index (κ2) is 4.75. The summed E-state index contributed by atoms with van der Waals surface area (Å²) in [5.41, 5.74) is -2.28. The van der Waals surface area contributed by atoms with Gasteiger partial charge in [-0.15, -0.1) is 0 Å². The zero-order chi connectivity index (χ0) is 12.3. The lowest BCUT2D eigenvalue weighted by atomic mass is 9.84. The molecule has 0 saturated heterocycles. The summed E-state index contributed by atoms with van der Waals surface area (Å²) in [6.45, 7) is 8.39. The van der Waals surface area contributed by atoms with Crippen LogP contribution in [0.15, 0.2) is 0 Å². The van der Waals surface area contributed by atoms with Crippen LogP contribution in [0, 0.1) is 5.41 Å². The zero-order valence-electron chi connectivity index (χ0n) is 10.1. The summed E-state index contributed by atoms with van der Waals surface area (Å²) in [6, 6.07) is 0. The molecular weight excluding hydrogens is 196 g/mol. The number of aliphatic hydroxyl groups is 1. The summed E-state index contributed by atoms with van der Waals surface area (Å²) in [5.74, 6) is -0.914. The Labute approximate surface area is 90.6 Å². The third kappa shape index (κ3) is 4.42. The number of esters is 1. The number of hydrogen-bond acceptors (Lipinski definition) is 4. The molecular formula is C11H20O4. The number of rotatable bonds is 4. The van der Waals surface area contributed by atoms with Crippen molar-refractivity contribution >= 4 is 11.8 Å². The molecule has 0 aliphatic carbocycles. The van der Waals surface area contributed by atoms with Crippen LogP contribution in [0.25, 0.3) is 0 Å². The standard InChI is InChI=1S/C11H20O4/c1-6-15-9(13)11(5,14)7-8(12)10(2,3)4/h14H,6-7H2,1-5H3. The lowest BCUT2D eigenvalue weighted by Gasteiger charge is -2.24. The van der Waals surface area contributed by atoms with E-state index in [1.165, 1.54) is 6.92 Å². The summed E-state index contributed by atoms with van der Waals surface area (Å²) in [5, 5.41) is 9.75. The lowest BCUT2D eigenvalue weighted by molar-refractivity contribution is -0.166. The molecule has 0 aliphatic rings. The van der Waals surface area contributed by atoms with Crippen molar-refractivity contribution in [2.24, 2.45) is 5.41 Å². The minimum atomic E-state index is -1.72. The molecule has 1 N–H and O–H groups in total. The SMILES string of the molecule is CCOC(=O)C(C)(O)CC(=O)C(C)(C)C. The first kappa shape index (κ1) is 14.1. The first-order valence-electron chi connectivity index (χ1n) is 5.04. The molecule has 0 spiro atoms. The first-order chi connectivity index (χ1) is 6.61.